The Hall–Kier alpha value is -3.29. The Kier molecular flexibility index (Phi) is 8.73. The van der Waals surface area contributed by atoms with Crippen LogP contribution in [0.5, 0.6) is 5.75 Å². The second-order valence-corrected chi connectivity index (χ2v) is 9.04. The fraction of sp³-hybridized carbons (Fsp3) is 0.250. The van der Waals surface area contributed by atoms with Crippen LogP contribution in [-0.2, 0) is 19.1 Å². The second-order valence-electron chi connectivity index (χ2n) is 7.14. The summed E-state index contributed by atoms with van der Waals surface area (Å²) in [5, 5.41) is 15.6. The van der Waals surface area contributed by atoms with Crippen molar-refractivity contribution in [2.45, 2.75) is 12.8 Å². The molecule has 0 bridgehead atoms. The maximum Gasteiger partial charge on any atom is 0.319 e. The third-order valence-electron chi connectivity index (χ3n) is 5.02. The topological polar surface area (TPSA) is 118 Å². The molecular weight excluding hydrogens is 522 g/mol. The molecule has 0 fully saturated rings. The fourth-order valence-corrected chi connectivity index (χ4v) is 4.66. The number of hydrogen-bond acceptors (Lipinski definition) is 7. The number of amides is 2. The van der Waals surface area contributed by atoms with E-state index in [0.717, 1.165) is 16.2 Å². The zero-order chi connectivity index (χ0) is 24.7. The van der Waals surface area contributed by atoms with Crippen LogP contribution in [0.15, 0.2) is 63.6 Å². The first-order valence-corrected chi connectivity index (χ1v) is 12.1. The molecule has 2 atom stereocenters. The molecule has 34 heavy (non-hydrogen) atoms. The van der Waals surface area contributed by atoms with Crippen LogP contribution in [0.2, 0.25) is 0 Å². The summed E-state index contributed by atoms with van der Waals surface area (Å²) in [7, 11) is 1.47. The van der Waals surface area contributed by atoms with E-state index in [1.165, 1.54) is 7.11 Å². The smallest absolute Gasteiger partial charge is 0.319 e. The van der Waals surface area contributed by atoms with Crippen molar-refractivity contribution in [1.82, 2.24) is 5.32 Å². The van der Waals surface area contributed by atoms with Gasteiger partial charge in [0.15, 0.2) is 0 Å². The van der Waals surface area contributed by atoms with E-state index in [2.05, 4.69) is 32.6 Å². The molecule has 10 heteroatoms. The average Bonchev–Trinajstić information content (AvgIpc) is 2.83. The summed E-state index contributed by atoms with van der Waals surface area (Å²) >= 11 is 4.35. The number of para-hydroxylation sites is 1. The Morgan fingerprint density at radius 2 is 1.91 bits per heavy atom. The lowest BCUT2D eigenvalue weighted by Crippen LogP contribution is -2.44. The highest BCUT2D eigenvalue weighted by atomic mass is 79.9. The maximum atomic E-state index is 13.0. The minimum absolute atomic E-state index is 0.0560. The SMILES string of the molecule is CCOC(=O)[C@@H]1C(=O)NC(SCC(=O)Nc2ccc(Br)cc2)=C(C#N)[C@H]1c1ccccc1OC. The van der Waals surface area contributed by atoms with Crippen molar-refractivity contribution in [3.8, 4) is 11.8 Å². The van der Waals surface area contributed by atoms with Crippen LogP contribution in [0, 0.1) is 17.2 Å². The van der Waals surface area contributed by atoms with E-state index in [4.69, 9.17) is 9.47 Å². The van der Waals surface area contributed by atoms with Gasteiger partial charge in [0.1, 0.15) is 11.7 Å². The Labute approximate surface area is 209 Å². The molecule has 2 aromatic rings. The summed E-state index contributed by atoms with van der Waals surface area (Å²) in [6.07, 6.45) is 0. The number of esters is 1. The number of hydrogen-bond donors (Lipinski definition) is 2. The van der Waals surface area contributed by atoms with Crippen molar-refractivity contribution in [3.05, 3.63) is 69.2 Å². The number of ether oxygens (including phenoxy) is 2. The summed E-state index contributed by atoms with van der Waals surface area (Å²) in [6, 6.07) is 16.1. The largest absolute Gasteiger partial charge is 0.496 e. The molecule has 3 rings (SSSR count). The van der Waals surface area contributed by atoms with Crippen molar-refractivity contribution in [2.24, 2.45) is 5.92 Å². The molecule has 1 heterocycles. The summed E-state index contributed by atoms with van der Waals surface area (Å²) < 4.78 is 11.4. The molecule has 1 aliphatic heterocycles. The van der Waals surface area contributed by atoms with E-state index in [1.54, 1.807) is 55.5 Å². The number of nitriles is 1. The molecule has 0 unspecified atom stereocenters. The van der Waals surface area contributed by atoms with E-state index in [0.29, 0.717) is 17.0 Å². The number of allylic oxidation sites excluding steroid dienone is 1. The minimum Gasteiger partial charge on any atom is -0.496 e. The van der Waals surface area contributed by atoms with Gasteiger partial charge in [-0.3, -0.25) is 14.4 Å². The molecule has 0 saturated carbocycles. The molecule has 0 saturated heterocycles. The number of thioether (sulfide) groups is 1. The molecule has 2 N–H and O–H groups in total. The van der Waals surface area contributed by atoms with Gasteiger partial charge in [-0.25, -0.2) is 0 Å². The third kappa shape index (κ3) is 5.79. The Bertz CT molecular complexity index is 1160. The quantitative estimate of drug-likeness (QED) is 0.382. The van der Waals surface area contributed by atoms with Crippen molar-refractivity contribution in [2.75, 3.05) is 24.8 Å². The first-order valence-electron chi connectivity index (χ1n) is 10.3. The maximum absolute atomic E-state index is 13.0. The first-order chi connectivity index (χ1) is 16.4. The van der Waals surface area contributed by atoms with Crippen LogP contribution in [0.4, 0.5) is 5.69 Å². The number of benzene rings is 2. The number of carbonyl (C=O) groups excluding carboxylic acids is 3. The zero-order valence-electron chi connectivity index (χ0n) is 18.5. The molecule has 0 aliphatic carbocycles. The Balaban J connectivity index is 1.93. The summed E-state index contributed by atoms with van der Waals surface area (Å²) in [5.41, 5.74) is 1.28. The molecule has 0 radical (unpaired) electrons. The van der Waals surface area contributed by atoms with Gasteiger partial charge in [0.25, 0.3) is 0 Å². The predicted octanol–water partition coefficient (Wildman–Crippen LogP) is 3.96. The minimum atomic E-state index is -1.27. The number of halogens is 1. The van der Waals surface area contributed by atoms with E-state index in [9.17, 15) is 19.6 Å². The van der Waals surface area contributed by atoms with Crippen LogP contribution >= 0.6 is 27.7 Å². The lowest BCUT2D eigenvalue weighted by Gasteiger charge is -2.31. The molecule has 1 aliphatic rings. The van der Waals surface area contributed by atoms with Crippen LogP contribution in [0.25, 0.3) is 0 Å². The molecule has 2 aromatic carbocycles. The summed E-state index contributed by atoms with van der Waals surface area (Å²) in [6.45, 7) is 1.73. The van der Waals surface area contributed by atoms with Gasteiger partial charge >= 0.3 is 5.97 Å². The summed E-state index contributed by atoms with van der Waals surface area (Å²) in [5.74, 6) is -3.48. The number of anilines is 1. The van der Waals surface area contributed by atoms with Gasteiger partial charge in [0.05, 0.1) is 36.1 Å². The molecule has 176 valence electrons. The Morgan fingerprint density at radius 3 is 2.56 bits per heavy atom. The lowest BCUT2D eigenvalue weighted by atomic mass is 9.78. The molecule has 8 nitrogen and oxygen atoms in total. The van der Waals surface area contributed by atoms with Gasteiger partial charge in [-0.05, 0) is 37.3 Å². The van der Waals surface area contributed by atoms with Gasteiger partial charge in [-0.1, -0.05) is 45.9 Å². The molecule has 0 aromatic heterocycles. The van der Waals surface area contributed by atoms with Gasteiger partial charge in [0, 0.05) is 21.6 Å². The van der Waals surface area contributed by atoms with Gasteiger partial charge in [-0.2, -0.15) is 5.26 Å². The van der Waals surface area contributed by atoms with Crippen LogP contribution in [0.1, 0.15) is 18.4 Å². The standard InChI is InChI=1S/C24H22BrN3O5S/c1-3-33-24(31)21-20(16-6-4-5-7-18(16)32-2)17(12-26)23(28-22(21)30)34-13-19(29)27-15-10-8-14(25)9-11-15/h4-11,20-21H,3,13H2,1-2H3,(H,27,29)(H,28,30)/t20-,21+/m1/s1. The molecule has 2 amide bonds. The monoisotopic (exact) mass is 543 g/mol. The zero-order valence-corrected chi connectivity index (χ0v) is 20.9. The predicted molar refractivity (Wildman–Crippen MR) is 132 cm³/mol. The van der Waals surface area contributed by atoms with Gasteiger partial charge in [0.2, 0.25) is 11.8 Å². The van der Waals surface area contributed by atoms with E-state index in [1.807, 2.05) is 0 Å². The molecule has 0 spiro atoms. The van der Waals surface area contributed by atoms with Crippen LogP contribution in [-0.4, -0.2) is 37.3 Å². The third-order valence-corrected chi connectivity index (χ3v) is 6.56. The van der Waals surface area contributed by atoms with Crippen LogP contribution in [0.3, 0.4) is 0 Å². The lowest BCUT2D eigenvalue weighted by molar-refractivity contribution is -0.152. The van der Waals surface area contributed by atoms with Crippen molar-refractivity contribution >= 4 is 51.2 Å². The second kappa shape index (κ2) is 11.7. The highest BCUT2D eigenvalue weighted by molar-refractivity contribution is 9.10. The van der Waals surface area contributed by atoms with E-state index >= 15 is 0 Å². The van der Waals surface area contributed by atoms with Gasteiger partial charge in [-0.15, -0.1) is 0 Å². The van der Waals surface area contributed by atoms with Crippen molar-refractivity contribution in [3.63, 3.8) is 0 Å². The highest BCUT2D eigenvalue weighted by Gasteiger charge is 2.45. The van der Waals surface area contributed by atoms with E-state index < -0.39 is 23.7 Å². The van der Waals surface area contributed by atoms with Gasteiger partial charge < -0.3 is 20.1 Å². The number of methoxy groups -OCH3 is 1. The number of carbonyl (C=O) groups is 3. The fourth-order valence-electron chi connectivity index (χ4n) is 3.55. The van der Waals surface area contributed by atoms with Crippen molar-refractivity contribution in [1.29, 1.82) is 5.26 Å². The summed E-state index contributed by atoms with van der Waals surface area (Å²) in [4.78, 5) is 38.2. The number of nitrogens with zero attached hydrogens (tertiary/aromatic N) is 1. The number of rotatable bonds is 8. The van der Waals surface area contributed by atoms with Crippen LogP contribution < -0.4 is 15.4 Å². The first kappa shape index (κ1) is 25.3. The normalized spacial score (nSPS) is 17.4. The Morgan fingerprint density at radius 1 is 1.21 bits per heavy atom. The molecular formula is C24H22BrN3O5S. The number of nitrogens with one attached hydrogen (secondary N) is 2. The highest BCUT2D eigenvalue weighted by Crippen LogP contribution is 2.43. The van der Waals surface area contributed by atoms with E-state index in [-0.39, 0.29) is 28.9 Å². The van der Waals surface area contributed by atoms with Crippen molar-refractivity contribution < 1.29 is 23.9 Å². The average molecular weight is 544 g/mol.